The Kier molecular flexibility index (Phi) is 3.88. The topological polar surface area (TPSA) is 32.3 Å². The average Bonchev–Trinajstić information content (AvgIpc) is 2.16. The van der Waals surface area contributed by atoms with Gasteiger partial charge in [0.15, 0.2) is 5.78 Å². The predicted octanol–water partition coefficient (Wildman–Crippen LogP) is 1.20. The van der Waals surface area contributed by atoms with Gasteiger partial charge in [0, 0.05) is 12.5 Å². The molecule has 0 aromatic carbocycles. The molecule has 0 aromatic rings. The van der Waals surface area contributed by atoms with Crippen LogP contribution in [0.25, 0.3) is 0 Å². The maximum Gasteiger partial charge on any atom is 0.153 e. The van der Waals surface area contributed by atoms with Crippen LogP contribution < -0.4 is 5.43 Å². The number of carbonyl (C=O) groups is 1. The number of ketones is 1. The van der Waals surface area contributed by atoms with E-state index in [1.54, 1.807) is 0 Å². The third-order valence-corrected chi connectivity index (χ3v) is 2.69. The molecule has 3 heteroatoms. The minimum absolute atomic E-state index is 0.110. The molecule has 0 spiro atoms. The van der Waals surface area contributed by atoms with E-state index >= 15 is 0 Å². The van der Waals surface area contributed by atoms with Crippen LogP contribution in [0.5, 0.6) is 0 Å². The maximum atomic E-state index is 11.8. The van der Waals surface area contributed by atoms with Gasteiger partial charge in [0.05, 0.1) is 6.04 Å². The van der Waals surface area contributed by atoms with Crippen molar-refractivity contribution in [2.45, 2.75) is 39.2 Å². The molecule has 1 heterocycles. The van der Waals surface area contributed by atoms with Gasteiger partial charge in [-0.15, -0.1) is 0 Å². The lowest BCUT2D eigenvalue weighted by molar-refractivity contribution is -0.129. The molecule has 76 valence electrons. The largest absolute Gasteiger partial charge is 0.298 e. The maximum absolute atomic E-state index is 11.8. The summed E-state index contributed by atoms with van der Waals surface area (Å²) in [6, 6.07) is 0.110. The van der Waals surface area contributed by atoms with Gasteiger partial charge in [-0.1, -0.05) is 20.3 Å². The van der Waals surface area contributed by atoms with Crippen LogP contribution >= 0.6 is 0 Å². The molecular formula is C10H20N2O. The molecule has 0 aliphatic carbocycles. The van der Waals surface area contributed by atoms with E-state index in [2.05, 4.69) is 10.4 Å². The van der Waals surface area contributed by atoms with Crippen molar-refractivity contribution in [3.8, 4) is 0 Å². The van der Waals surface area contributed by atoms with E-state index in [4.69, 9.17) is 0 Å². The molecule has 0 saturated carbocycles. The molecule has 1 aliphatic rings. The first-order valence-corrected chi connectivity index (χ1v) is 5.14. The zero-order valence-corrected chi connectivity index (χ0v) is 8.84. The van der Waals surface area contributed by atoms with Crippen LogP contribution in [0.1, 0.15) is 33.1 Å². The van der Waals surface area contributed by atoms with E-state index in [9.17, 15) is 4.79 Å². The summed E-state index contributed by atoms with van der Waals surface area (Å²) in [5.41, 5.74) is 3.10. The fraction of sp³-hybridized carbons (Fsp3) is 0.900. The first kappa shape index (κ1) is 10.7. The van der Waals surface area contributed by atoms with E-state index in [1.165, 1.54) is 12.8 Å². The number of hydrogen-bond acceptors (Lipinski definition) is 3. The van der Waals surface area contributed by atoms with Gasteiger partial charge in [0.25, 0.3) is 0 Å². The Morgan fingerprint density at radius 1 is 1.46 bits per heavy atom. The molecule has 1 rings (SSSR count). The van der Waals surface area contributed by atoms with Crippen LogP contribution in [-0.4, -0.2) is 30.4 Å². The first-order chi connectivity index (χ1) is 6.16. The van der Waals surface area contributed by atoms with Crippen molar-refractivity contribution in [1.82, 2.24) is 10.4 Å². The molecule has 1 unspecified atom stereocenters. The van der Waals surface area contributed by atoms with Gasteiger partial charge in [-0.25, -0.2) is 5.01 Å². The molecule has 0 aromatic heterocycles. The molecule has 0 amide bonds. The van der Waals surface area contributed by atoms with Crippen molar-refractivity contribution < 1.29 is 4.79 Å². The monoisotopic (exact) mass is 184 g/mol. The fourth-order valence-electron chi connectivity index (χ4n) is 1.88. The zero-order chi connectivity index (χ0) is 9.84. The van der Waals surface area contributed by atoms with Crippen LogP contribution in [-0.2, 0) is 4.79 Å². The Morgan fingerprint density at radius 3 is 2.69 bits per heavy atom. The minimum atomic E-state index is 0.110. The molecule has 13 heavy (non-hydrogen) atoms. The summed E-state index contributed by atoms with van der Waals surface area (Å²) in [6.45, 7) is 4.95. The van der Waals surface area contributed by atoms with E-state index < -0.39 is 0 Å². The van der Waals surface area contributed by atoms with Crippen molar-refractivity contribution >= 4 is 5.78 Å². The molecule has 3 nitrogen and oxygen atoms in total. The Labute approximate surface area is 80.5 Å². The van der Waals surface area contributed by atoms with Gasteiger partial charge in [-0.3, -0.25) is 10.2 Å². The SMILES string of the molecule is CNN1CCCCC1C(=O)C(C)C. The second-order valence-corrected chi connectivity index (χ2v) is 3.99. The molecule has 1 saturated heterocycles. The van der Waals surface area contributed by atoms with Crippen LogP contribution in [0.15, 0.2) is 0 Å². The Hall–Kier alpha value is -0.410. The lowest BCUT2D eigenvalue weighted by Crippen LogP contribution is -2.51. The van der Waals surface area contributed by atoms with E-state index in [-0.39, 0.29) is 12.0 Å². The molecule has 1 N–H and O–H groups in total. The summed E-state index contributed by atoms with van der Waals surface area (Å²) in [6.07, 6.45) is 3.39. The number of Topliss-reactive ketones (excluding diaryl/α,β-unsaturated/α-hetero) is 1. The van der Waals surface area contributed by atoms with Crippen LogP contribution in [0.2, 0.25) is 0 Å². The highest BCUT2D eigenvalue weighted by Gasteiger charge is 2.28. The van der Waals surface area contributed by atoms with Gasteiger partial charge in [-0.05, 0) is 19.9 Å². The van der Waals surface area contributed by atoms with Crippen LogP contribution in [0.4, 0.5) is 0 Å². The molecule has 0 bridgehead atoms. The number of carbonyl (C=O) groups excluding carboxylic acids is 1. The van der Waals surface area contributed by atoms with E-state index in [0.717, 1.165) is 13.0 Å². The van der Waals surface area contributed by atoms with E-state index in [0.29, 0.717) is 5.78 Å². The van der Waals surface area contributed by atoms with Crippen molar-refractivity contribution in [1.29, 1.82) is 0 Å². The summed E-state index contributed by atoms with van der Waals surface area (Å²) in [4.78, 5) is 11.8. The fourth-order valence-corrected chi connectivity index (χ4v) is 1.88. The quantitative estimate of drug-likeness (QED) is 0.715. The number of nitrogens with zero attached hydrogens (tertiary/aromatic N) is 1. The number of hydrogen-bond donors (Lipinski definition) is 1. The summed E-state index contributed by atoms with van der Waals surface area (Å²) in [7, 11) is 1.89. The molecule has 1 atom stereocenters. The normalized spacial score (nSPS) is 25.1. The summed E-state index contributed by atoms with van der Waals surface area (Å²) < 4.78 is 0. The predicted molar refractivity (Wildman–Crippen MR) is 53.2 cm³/mol. The minimum Gasteiger partial charge on any atom is -0.298 e. The number of hydrazine groups is 1. The standard InChI is InChI=1S/C10H20N2O/c1-8(2)10(13)9-6-4-5-7-12(9)11-3/h8-9,11H,4-7H2,1-3H3. The van der Waals surface area contributed by atoms with Crippen molar-refractivity contribution in [2.75, 3.05) is 13.6 Å². The van der Waals surface area contributed by atoms with Gasteiger partial charge < -0.3 is 0 Å². The van der Waals surface area contributed by atoms with Gasteiger partial charge in [0.2, 0.25) is 0 Å². The second kappa shape index (κ2) is 4.72. The Bertz CT molecular complexity index is 180. The van der Waals surface area contributed by atoms with Gasteiger partial charge in [-0.2, -0.15) is 0 Å². The summed E-state index contributed by atoms with van der Waals surface area (Å²) >= 11 is 0. The lowest BCUT2D eigenvalue weighted by atomic mass is 9.94. The molecule has 1 aliphatic heterocycles. The number of rotatable bonds is 3. The number of piperidine rings is 1. The first-order valence-electron chi connectivity index (χ1n) is 5.14. The smallest absolute Gasteiger partial charge is 0.153 e. The third kappa shape index (κ3) is 2.51. The molecule has 1 fully saturated rings. The van der Waals surface area contributed by atoms with Gasteiger partial charge in [0.1, 0.15) is 0 Å². The highest BCUT2D eigenvalue weighted by atomic mass is 16.1. The lowest BCUT2D eigenvalue weighted by Gasteiger charge is -2.34. The highest BCUT2D eigenvalue weighted by Crippen LogP contribution is 2.18. The van der Waals surface area contributed by atoms with Crippen LogP contribution in [0.3, 0.4) is 0 Å². The van der Waals surface area contributed by atoms with E-state index in [1.807, 2.05) is 20.9 Å². The molecular weight excluding hydrogens is 164 g/mol. The second-order valence-electron chi connectivity index (χ2n) is 3.99. The molecule has 0 radical (unpaired) electrons. The average molecular weight is 184 g/mol. The Balaban J connectivity index is 2.58. The number of nitrogens with one attached hydrogen (secondary N) is 1. The van der Waals surface area contributed by atoms with Crippen molar-refractivity contribution in [3.63, 3.8) is 0 Å². The Morgan fingerprint density at radius 2 is 2.15 bits per heavy atom. The highest BCUT2D eigenvalue weighted by molar-refractivity contribution is 5.85. The summed E-state index contributed by atoms with van der Waals surface area (Å²) in [5, 5.41) is 2.08. The zero-order valence-electron chi connectivity index (χ0n) is 8.84. The van der Waals surface area contributed by atoms with Crippen molar-refractivity contribution in [3.05, 3.63) is 0 Å². The third-order valence-electron chi connectivity index (χ3n) is 2.69. The van der Waals surface area contributed by atoms with Crippen LogP contribution in [0, 0.1) is 5.92 Å². The van der Waals surface area contributed by atoms with Crippen molar-refractivity contribution in [2.24, 2.45) is 5.92 Å². The van der Waals surface area contributed by atoms with Gasteiger partial charge >= 0.3 is 0 Å². The summed E-state index contributed by atoms with van der Waals surface area (Å²) in [5.74, 6) is 0.521.